The summed E-state index contributed by atoms with van der Waals surface area (Å²) in [5, 5.41) is 0. The summed E-state index contributed by atoms with van der Waals surface area (Å²) in [4.78, 5) is 9.96. The van der Waals surface area contributed by atoms with Gasteiger partial charge in [-0.05, 0) is 33.3 Å². The highest BCUT2D eigenvalue weighted by atomic mass is 16.1. The van der Waals surface area contributed by atoms with Crippen molar-refractivity contribution in [3.63, 3.8) is 0 Å². The maximum atomic E-state index is 9.96. The summed E-state index contributed by atoms with van der Waals surface area (Å²) in [6.45, 7) is 6.05. The van der Waals surface area contributed by atoms with Crippen LogP contribution in [0, 0.1) is 0 Å². The van der Waals surface area contributed by atoms with E-state index >= 15 is 0 Å². The maximum Gasteiger partial charge on any atom is 0.142 e. The molecule has 0 atom stereocenters. The summed E-state index contributed by atoms with van der Waals surface area (Å²) in [6.07, 6.45) is 5.42. The van der Waals surface area contributed by atoms with Gasteiger partial charge in [0.25, 0.3) is 0 Å². The van der Waals surface area contributed by atoms with Gasteiger partial charge >= 0.3 is 0 Å². The van der Waals surface area contributed by atoms with E-state index in [9.17, 15) is 4.79 Å². The molecule has 0 aliphatic carbocycles. The molecule has 0 aliphatic rings. The number of carbonyl (C=O) groups excluding carboxylic acids is 1. The van der Waals surface area contributed by atoms with Crippen molar-refractivity contribution in [2.45, 2.75) is 27.2 Å². The van der Waals surface area contributed by atoms with E-state index in [0.29, 0.717) is 0 Å². The average molecular weight is 138 g/mol. The van der Waals surface area contributed by atoms with Crippen LogP contribution in [0.25, 0.3) is 0 Å². The van der Waals surface area contributed by atoms with Crippen LogP contribution in [0.3, 0.4) is 0 Å². The molecule has 0 heterocycles. The lowest BCUT2D eigenvalue weighted by molar-refractivity contribution is -0.104. The van der Waals surface area contributed by atoms with E-state index in [1.165, 1.54) is 5.57 Å². The van der Waals surface area contributed by atoms with Crippen LogP contribution in [0.1, 0.15) is 27.2 Å². The number of carbonyl (C=O) groups is 1. The van der Waals surface area contributed by atoms with Crippen molar-refractivity contribution in [1.82, 2.24) is 0 Å². The first kappa shape index (κ1) is 9.15. The van der Waals surface area contributed by atoms with Gasteiger partial charge in [-0.2, -0.15) is 0 Å². The molecule has 1 heteroatoms. The fourth-order valence-electron chi connectivity index (χ4n) is 0.549. The smallest absolute Gasteiger partial charge is 0.142 e. The Morgan fingerprint density at radius 1 is 1.30 bits per heavy atom. The van der Waals surface area contributed by atoms with Crippen LogP contribution >= 0.6 is 0 Å². The Kier molecular flexibility index (Phi) is 4.55. The third kappa shape index (κ3) is 5.29. The van der Waals surface area contributed by atoms with Crippen molar-refractivity contribution < 1.29 is 4.79 Å². The molecular weight excluding hydrogens is 124 g/mol. The minimum Gasteiger partial charge on any atom is -0.299 e. The molecule has 0 aromatic rings. The Morgan fingerprint density at radius 3 is 2.30 bits per heavy atom. The summed E-state index contributed by atoms with van der Waals surface area (Å²) < 4.78 is 0. The molecule has 0 spiro atoms. The summed E-state index contributed by atoms with van der Waals surface area (Å²) in [6, 6.07) is 0. The quantitative estimate of drug-likeness (QED) is 0.332. The van der Waals surface area contributed by atoms with Crippen LogP contribution in [0.4, 0.5) is 0 Å². The number of aldehydes is 1. The van der Waals surface area contributed by atoms with Crippen LogP contribution in [0.2, 0.25) is 0 Å². The SMILES string of the molecule is CC(C)=CC/C(C)=C/C=O. The third-order valence-corrected chi connectivity index (χ3v) is 1.18. The van der Waals surface area contributed by atoms with Gasteiger partial charge in [0.1, 0.15) is 6.29 Å². The predicted molar refractivity (Wildman–Crippen MR) is 43.9 cm³/mol. The van der Waals surface area contributed by atoms with Crippen LogP contribution < -0.4 is 0 Å². The number of hydrogen-bond acceptors (Lipinski definition) is 1. The molecular formula is C9H14O. The van der Waals surface area contributed by atoms with Crippen molar-refractivity contribution in [3.05, 3.63) is 23.3 Å². The van der Waals surface area contributed by atoms with Gasteiger partial charge in [0.05, 0.1) is 0 Å². The second-order valence-electron chi connectivity index (χ2n) is 2.63. The normalized spacial score (nSPS) is 10.9. The average Bonchev–Trinajstić information content (AvgIpc) is 1.85. The highest BCUT2D eigenvalue weighted by Crippen LogP contribution is 2.02. The van der Waals surface area contributed by atoms with Crippen molar-refractivity contribution in [2.24, 2.45) is 0 Å². The molecule has 0 fully saturated rings. The van der Waals surface area contributed by atoms with Gasteiger partial charge < -0.3 is 0 Å². The zero-order valence-corrected chi connectivity index (χ0v) is 6.85. The fraction of sp³-hybridized carbons (Fsp3) is 0.444. The first-order chi connectivity index (χ1) is 4.66. The van der Waals surface area contributed by atoms with Crippen LogP contribution in [-0.4, -0.2) is 6.29 Å². The molecule has 0 aliphatic heterocycles. The van der Waals surface area contributed by atoms with Crippen molar-refractivity contribution in [2.75, 3.05) is 0 Å². The van der Waals surface area contributed by atoms with E-state index in [1.54, 1.807) is 6.08 Å². The van der Waals surface area contributed by atoms with Gasteiger partial charge in [-0.25, -0.2) is 0 Å². The highest BCUT2D eigenvalue weighted by Gasteiger charge is 1.83. The second kappa shape index (κ2) is 4.98. The third-order valence-electron chi connectivity index (χ3n) is 1.18. The van der Waals surface area contributed by atoms with E-state index in [4.69, 9.17) is 0 Å². The number of hydrogen-bond donors (Lipinski definition) is 0. The van der Waals surface area contributed by atoms with Gasteiger partial charge in [0.15, 0.2) is 0 Å². The van der Waals surface area contributed by atoms with Gasteiger partial charge in [0, 0.05) is 0 Å². The Balaban J connectivity index is 3.80. The summed E-state index contributed by atoms with van der Waals surface area (Å²) in [5.41, 5.74) is 2.40. The Morgan fingerprint density at radius 2 is 1.90 bits per heavy atom. The predicted octanol–water partition coefficient (Wildman–Crippen LogP) is 2.49. The summed E-state index contributed by atoms with van der Waals surface area (Å²) in [7, 11) is 0. The Hall–Kier alpha value is -0.850. The molecule has 0 rings (SSSR count). The van der Waals surface area contributed by atoms with Crippen molar-refractivity contribution in [1.29, 1.82) is 0 Å². The summed E-state index contributed by atoms with van der Waals surface area (Å²) in [5.74, 6) is 0. The van der Waals surface area contributed by atoms with Crippen molar-refractivity contribution in [3.8, 4) is 0 Å². The Bertz CT molecular complexity index is 160. The number of allylic oxidation sites excluding steroid dienone is 4. The lowest BCUT2D eigenvalue weighted by Crippen LogP contribution is -1.74. The van der Waals surface area contributed by atoms with Crippen molar-refractivity contribution >= 4 is 6.29 Å². The lowest BCUT2D eigenvalue weighted by atomic mass is 10.1. The lowest BCUT2D eigenvalue weighted by Gasteiger charge is -1.92. The highest BCUT2D eigenvalue weighted by molar-refractivity contribution is 5.65. The summed E-state index contributed by atoms with van der Waals surface area (Å²) >= 11 is 0. The van der Waals surface area contributed by atoms with Crippen LogP contribution in [-0.2, 0) is 4.79 Å². The molecule has 0 amide bonds. The molecule has 0 N–H and O–H groups in total. The molecule has 0 aromatic carbocycles. The number of rotatable bonds is 3. The van der Waals surface area contributed by atoms with E-state index in [2.05, 4.69) is 6.08 Å². The first-order valence-corrected chi connectivity index (χ1v) is 3.41. The fourth-order valence-corrected chi connectivity index (χ4v) is 0.549. The Labute approximate surface area is 62.4 Å². The van der Waals surface area contributed by atoms with Gasteiger partial charge in [0.2, 0.25) is 0 Å². The van der Waals surface area contributed by atoms with E-state index in [1.807, 2.05) is 20.8 Å². The molecule has 0 saturated carbocycles. The van der Waals surface area contributed by atoms with E-state index < -0.39 is 0 Å². The molecule has 0 aromatic heterocycles. The van der Waals surface area contributed by atoms with Gasteiger partial charge in [-0.3, -0.25) is 4.79 Å². The second-order valence-corrected chi connectivity index (χ2v) is 2.63. The molecule has 1 nitrogen and oxygen atoms in total. The maximum absolute atomic E-state index is 9.96. The van der Waals surface area contributed by atoms with Gasteiger partial charge in [-0.1, -0.05) is 17.2 Å². The monoisotopic (exact) mass is 138 g/mol. The van der Waals surface area contributed by atoms with Crippen LogP contribution in [0.15, 0.2) is 23.3 Å². The molecule has 0 bridgehead atoms. The minimum atomic E-state index is 0.828. The van der Waals surface area contributed by atoms with E-state index in [0.717, 1.165) is 18.3 Å². The molecule has 0 saturated heterocycles. The minimum absolute atomic E-state index is 0.828. The standard InChI is InChI=1S/C9H14O/c1-8(2)4-5-9(3)6-7-10/h4,6-7H,5H2,1-3H3/b9-6+. The molecule has 56 valence electrons. The van der Waals surface area contributed by atoms with Gasteiger partial charge in [-0.15, -0.1) is 0 Å². The first-order valence-electron chi connectivity index (χ1n) is 3.41. The largest absolute Gasteiger partial charge is 0.299 e. The zero-order valence-electron chi connectivity index (χ0n) is 6.85. The molecule has 0 radical (unpaired) electrons. The molecule has 0 unspecified atom stereocenters. The van der Waals surface area contributed by atoms with Crippen LogP contribution in [0.5, 0.6) is 0 Å². The topological polar surface area (TPSA) is 17.1 Å². The molecule has 10 heavy (non-hydrogen) atoms. The van der Waals surface area contributed by atoms with E-state index in [-0.39, 0.29) is 0 Å². The zero-order chi connectivity index (χ0) is 7.98.